The number of carbonyl (C=O) groups is 2. The van der Waals surface area contributed by atoms with E-state index in [1.165, 1.54) is 35.0 Å². The van der Waals surface area contributed by atoms with Crippen molar-refractivity contribution in [1.82, 2.24) is 10.2 Å². The summed E-state index contributed by atoms with van der Waals surface area (Å²) in [4.78, 5) is 28.1. The standard InChI is InChI=1S/C28H38FN3O4S/c1-21-9-7-10-23(19-21)20-31(22(2)28(34)30-25-11-5-4-6-12-25)27(33)13-8-18-32(37(3,35)36)26-16-14-24(29)15-17-26/h7,9-10,14-17,19,22,25H,4-6,8,11-13,18,20H2,1-3H3,(H,30,34)/t22-/m0/s1. The number of halogens is 1. The van der Waals surface area contributed by atoms with Gasteiger partial charge in [-0.15, -0.1) is 0 Å². The second kappa shape index (κ2) is 13.0. The highest BCUT2D eigenvalue weighted by atomic mass is 32.2. The van der Waals surface area contributed by atoms with Gasteiger partial charge in [0.1, 0.15) is 11.9 Å². The number of hydrogen-bond donors (Lipinski definition) is 1. The monoisotopic (exact) mass is 531 g/mol. The highest BCUT2D eigenvalue weighted by Gasteiger charge is 2.28. The summed E-state index contributed by atoms with van der Waals surface area (Å²) >= 11 is 0. The molecule has 0 radical (unpaired) electrons. The third-order valence-electron chi connectivity index (χ3n) is 6.82. The van der Waals surface area contributed by atoms with E-state index in [1.807, 2.05) is 31.2 Å². The van der Waals surface area contributed by atoms with Crippen molar-refractivity contribution in [2.75, 3.05) is 17.1 Å². The van der Waals surface area contributed by atoms with Gasteiger partial charge in [-0.25, -0.2) is 12.8 Å². The van der Waals surface area contributed by atoms with Gasteiger partial charge in [-0.3, -0.25) is 13.9 Å². The number of sulfonamides is 1. The Kier molecular flexibility index (Phi) is 10.1. The molecule has 2 aromatic carbocycles. The molecular formula is C28H38FN3O4S. The van der Waals surface area contributed by atoms with E-state index in [2.05, 4.69) is 5.32 Å². The van der Waals surface area contributed by atoms with Crippen LogP contribution in [0.5, 0.6) is 0 Å². The number of amides is 2. The van der Waals surface area contributed by atoms with Crippen LogP contribution < -0.4 is 9.62 Å². The van der Waals surface area contributed by atoms with E-state index in [0.717, 1.165) is 43.1 Å². The summed E-state index contributed by atoms with van der Waals surface area (Å²) in [5.74, 6) is -0.850. The Hall–Kier alpha value is -2.94. The summed E-state index contributed by atoms with van der Waals surface area (Å²) in [7, 11) is -3.63. The fourth-order valence-electron chi connectivity index (χ4n) is 4.77. The molecule has 1 aliphatic rings. The molecule has 2 amide bonds. The van der Waals surface area contributed by atoms with Gasteiger partial charge < -0.3 is 10.2 Å². The molecule has 0 heterocycles. The van der Waals surface area contributed by atoms with Gasteiger partial charge in [0.25, 0.3) is 0 Å². The van der Waals surface area contributed by atoms with Crippen LogP contribution >= 0.6 is 0 Å². The minimum atomic E-state index is -3.63. The first kappa shape index (κ1) is 28.6. The molecule has 1 fully saturated rings. The molecule has 2 aromatic rings. The zero-order valence-electron chi connectivity index (χ0n) is 22.0. The number of nitrogens with zero attached hydrogens (tertiary/aromatic N) is 2. The van der Waals surface area contributed by atoms with Crippen LogP contribution in [0, 0.1) is 12.7 Å². The molecule has 1 N–H and O–H groups in total. The Labute approximate surface area is 220 Å². The Morgan fingerprint density at radius 1 is 1.08 bits per heavy atom. The molecule has 9 heteroatoms. The van der Waals surface area contributed by atoms with E-state index < -0.39 is 21.9 Å². The maximum Gasteiger partial charge on any atom is 0.242 e. The van der Waals surface area contributed by atoms with Gasteiger partial charge in [0.05, 0.1) is 11.9 Å². The van der Waals surface area contributed by atoms with Crippen molar-refractivity contribution >= 4 is 27.5 Å². The molecule has 0 unspecified atom stereocenters. The third kappa shape index (κ3) is 8.55. The first-order valence-corrected chi connectivity index (χ1v) is 14.8. The smallest absolute Gasteiger partial charge is 0.242 e. The van der Waals surface area contributed by atoms with Crippen molar-refractivity contribution in [1.29, 1.82) is 0 Å². The van der Waals surface area contributed by atoms with Crippen molar-refractivity contribution in [3.05, 3.63) is 65.5 Å². The highest BCUT2D eigenvalue weighted by Crippen LogP contribution is 2.21. The van der Waals surface area contributed by atoms with Crippen molar-refractivity contribution in [2.24, 2.45) is 0 Å². The Balaban J connectivity index is 1.71. The molecule has 1 aliphatic carbocycles. The number of benzene rings is 2. The van der Waals surface area contributed by atoms with Gasteiger partial charge in [0.15, 0.2) is 0 Å². The van der Waals surface area contributed by atoms with Crippen molar-refractivity contribution < 1.29 is 22.4 Å². The zero-order chi connectivity index (χ0) is 27.0. The van der Waals surface area contributed by atoms with Gasteiger partial charge in [-0.2, -0.15) is 0 Å². The summed E-state index contributed by atoms with van der Waals surface area (Å²) in [6.45, 7) is 4.07. The lowest BCUT2D eigenvalue weighted by Crippen LogP contribution is -2.50. The number of aryl methyl sites for hydroxylation is 1. The molecule has 0 aliphatic heterocycles. The predicted molar refractivity (Wildman–Crippen MR) is 144 cm³/mol. The highest BCUT2D eigenvalue weighted by molar-refractivity contribution is 7.92. The number of rotatable bonds is 11. The van der Waals surface area contributed by atoms with E-state index in [1.54, 1.807) is 11.8 Å². The normalized spacial score (nSPS) is 15.1. The molecule has 0 saturated heterocycles. The second-order valence-corrected chi connectivity index (χ2v) is 11.9. The second-order valence-electron chi connectivity index (χ2n) is 9.95. The van der Waals surface area contributed by atoms with E-state index in [4.69, 9.17) is 0 Å². The van der Waals surface area contributed by atoms with Gasteiger partial charge in [0, 0.05) is 25.6 Å². The maximum atomic E-state index is 13.4. The van der Waals surface area contributed by atoms with Gasteiger partial charge >= 0.3 is 0 Å². The Morgan fingerprint density at radius 3 is 2.38 bits per heavy atom. The van der Waals surface area contributed by atoms with E-state index >= 15 is 0 Å². The SMILES string of the molecule is Cc1cccc(CN(C(=O)CCCN(c2ccc(F)cc2)S(C)(=O)=O)[C@@H](C)C(=O)NC2CCCCC2)c1. The average Bonchev–Trinajstić information content (AvgIpc) is 2.85. The van der Waals surface area contributed by atoms with Crippen LogP contribution in [0.3, 0.4) is 0 Å². The Bertz CT molecular complexity index is 1160. The number of nitrogens with one attached hydrogen (secondary N) is 1. The number of anilines is 1. The predicted octanol–water partition coefficient (Wildman–Crippen LogP) is 4.55. The van der Waals surface area contributed by atoms with Crippen LogP contribution in [0.25, 0.3) is 0 Å². The number of carbonyl (C=O) groups excluding carboxylic acids is 2. The van der Waals surface area contributed by atoms with Crippen LogP contribution in [0.4, 0.5) is 10.1 Å². The van der Waals surface area contributed by atoms with Gasteiger partial charge in [-0.1, -0.05) is 49.1 Å². The molecule has 202 valence electrons. The lowest BCUT2D eigenvalue weighted by molar-refractivity contribution is -0.141. The minimum absolute atomic E-state index is 0.0666. The van der Waals surface area contributed by atoms with Crippen LogP contribution in [-0.4, -0.2) is 50.0 Å². The molecular weight excluding hydrogens is 493 g/mol. The van der Waals surface area contributed by atoms with E-state index in [9.17, 15) is 22.4 Å². The maximum absolute atomic E-state index is 13.4. The topological polar surface area (TPSA) is 86.8 Å². The number of hydrogen-bond acceptors (Lipinski definition) is 4. The van der Waals surface area contributed by atoms with Crippen LogP contribution in [0.15, 0.2) is 48.5 Å². The summed E-state index contributed by atoms with van der Waals surface area (Å²) in [6.07, 6.45) is 6.68. The van der Waals surface area contributed by atoms with Gasteiger partial charge in [-0.05, 0) is 62.9 Å². The first-order chi connectivity index (χ1) is 17.5. The van der Waals surface area contributed by atoms with Crippen molar-refractivity contribution in [3.63, 3.8) is 0 Å². The fourth-order valence-corrected chi connectivity index (χ4v) is 5.74. The molecule has 0 bridgehead atoms. The van der Waals surface area contributed by atoms with Crippen molar-refractivity contribution in [2.45, 2.75) is 77.4 Å². The summed E-state index contributed by atoms with van der Waals surface area (Å²) in [5, 5.41) is 3.12. The lowest BCUT2D eigenvalue weighted by atomic mass is 9.95. The van der Waals surface area contributed by atoms with Crippen LogP contribution in [0.2, 0.25) is 0 Å². The van der Waals surface area contributed by atoms with Gasteiger partial charge in [0.2, 0.25) is 21.8 Å². The van der Waals surface area contributed by atoms with E-state index in [-0.39, 0.29) is 43.8 Å². The molecule has 0 spiro atoms. The fraction of sp³-hybridized carbons (Fsp3) is 0.500. The summed E-state index contributed by atoms with van der Waals surface area (Å²) < 4.78 is 39.2. The molecule has 0 aromatic heterocycles. The first-order valence-electron chi connectivity index (χ1n) is 12.9. The van der Waals surface area contributed by atoms with Crippen LogP contribution in [-0.2, 0) is 26.2 Å². The largest absolute Gasteiger partial charge is 0.352 e. The minimum Gasteiger partial charge on any atom is -0.352 e. The molecule has 37 heavy (non-hydrogen) atoms. The molecule has 7 nitrogen and oxygen atoms in total. The van der Waals surface area contributed by atoms with Crippen molar-refractivity contribution in [3.8, 4) is 0 Å². The average molecular weight is 532 g/mol. The summed E-state index contributed by atoms with van der Waals surface area (Å²) in [6, 6.07) is 12.5. The Morgan fingerprint density at radius 2 is 1.76 bits per heavy atom. The molecule has 1 saturated carbocycles. The van der Waals surface area contributed by atoms with Crippen LogP contribution in [0.1, 0.15) is 63.0 Å². The third-order valence-corrected chi connectivity index (χ3v) is 8.02. The quantitative estimate of drug-likeness (QED) is 0.461. The van der Waals surface area contributed by atoms with E-state index in [0.29, 0.717) is 5.69 Å². The molecule has 1 atom stereocenters. The lowest BCUT2D eigenvalue weighted by Gasteiger charge is -2.31. The molecule has 3 rings (SSSR count). The zero-order valence-corrected chi connectivity index (χ0v) is 22.8. The summed E-state index contributed by atoms with van der Waals surface area (Å²) in [5.41, 5.74) is 2.33.